The zero-order valence-corrected chi connectivity index (χ0v) is 12.4. The van der Waals surface area contributed by atoms with Gasteiger partial charge in [0, 0.05) is 44.8 Å². The molecule has 0 atom stereocenters. The highest BCUT2D eigenvalue weighted by Gasteiger charge is 2.02. The first-order chi connectivity index (χ1) is 9.81. The first-order valence-electron chi connectivity index (χ1n) is 7.32. The molecule has 0 radical (unpaired) electrons. The van der Waals surface area contributed by atoms with Gasteiger partial charge in [0.1, 0.15) is 0 Å². The molecule has 0 unspecified atom stereocenters. The van der Waals surface area contributed by atoms with Gasteiger partial charge in [-0.3, -0.25) is 0 Å². The van der Waals surface area contributed by atoms with Crippen molar-refractivity contribution in [2.75, 3.05) is 30.4 Å². The third-order valence-electron chi connectivity index (χ3n) is 3.33. The molecular weight excluding hydrogens is 248 g/mol. The third kappa shape index (κ3) is 4.02. The number of nitrogens with one attached hydrogen (secondary N) is 1. The van der Waals surface area contributed by atoms with Crippen LogP contribution in [0, 0.1) is 0 Å². The Labute approximate surface area is 121 Å². The highest BCUT2D eigenvalue weighted by Crippen LogP contribution is 2.11. The van der Waals surface area contributed by atoms with E-state index in [-0.39, 0.29) is 0 Å². The predicted molar refractivity (Wildman–Crippen MR) is 85.3 cm³/mol. The molecule has 108 valence electrons. The van der Waals surface area contributed by atoms with Crippen molar-refractivity contribution in [3.63, 3.8) is 0 Å². The van der Waals surface area contributed by atoms with Crippen LogP contribution < -0.4 is 10.2 Å². The largest absolute Gasteiger partial charge is 0.375 e. The van der Waals surface area contributed by atoms with Crippen LogP contribution in [0.25, 0.3) is 0 Å². The molecule has 0 saturated heterocycles. The van der Waals surface area contributed by atoms with Gasteiger partial charge in [0.25, 0.3) is 0 Å². The molecule has 20 heavy (non-hydrogen) atoms. The van der Waals surface area contributed by atoms with Crippen LogP contribution >= 0.6 is 0 Å². The Bertz CT molecular complexity index is 492. The Morgan fingerprint density at radius 3 is 2.80 bits per heavy atom. The van der Waals surface area contributed by atoms with Crippen LogP contribution in [0.1, 0.15) is 19.8 Å². The highest BCUT2D eigenvalue weighted by atomic mass is 15.2. The number of aromatic nitrogens is 2. The van der Waals surface area contributed by atoms with Gasteiger partial charge >= 0.3 is 0 Å². The van der Waals surface area contributed by atoms with Crippen molar-refractivity contribution in [1.82, 2.24) is 9.55 Å². The molecule has 0 spiro atoms. The van der Waals surface area contributed by atoms with Gasteiger partial charge in [0.15, 0.2) is 0 Å². The smallest absolute Gasteiger partial charge is 0.202 e. The number of aryl methyl sites for hydroxylation is 1. The summed E-state index contributed by atoms with van der Waals surface area (Å²) in [5.74, 6) is 0.981. The van der Waals surface area contributed by atoms with E-state index in [0.717, 1.165) is 38.4 Å². The minimum absolute atomic E-state index is 0.942. The summed E-state index contributed by atoms with van der Waals surface area (Å²) in [4.78, 5) is 6.63. The minimum Gasteiger partial charge on any atom is -0.375 e. The van der Waals surface area contributed by atoms with Gasteiger partial charge in [-0.15, -0.1) is 0 Å². The zero-order chi connectivity index (χ0) is 14.2. The van der Waals surface area contributed by atoms with E-state index in [9.17, 15) is 0 Å². The van der Waals surface area contributed by atoms with Gasteiger partial charge in [0.2, 0.25) is 5.95 Å². The molecule has 0 fully saturated rings. The van der Waals surface area contributed by atoms with E-state index in [4.69, 9.17) is 0 Å². The Hall–Kier alpha value is -1.97. The molecule has 1 aromatic carbocycles. The molecule has 4 heteroatoms. The summed E-state index contributed by atoms with van der Waals surface area (Å²) in [6, 6.07) is 10.5. The van der Waals surface area contributed by atoms with Crippen molar-refractivity contribution in [2.45, 2.75) is 26.3 Å². The standard InChI is InChI=1S/C16H24N4/c1-3-12-20-14-11-18-16(20)17-10-7-13-19(2)15-8-5-4-6-9-15/h4-6,8-9,11,14H,3,7,10,12-13H2,1-2H3,(H,17,18). The Morgan fingerprint density at radius 2 is 2.05 bits per heavy atom. The van der Waals surface area contributed by atoms with Crippen LogP contribution in [-0.4, -0.2) is 29.7 Å². The van der Waals surface area contributed by atoms with E-state index >= 15 is 0 Å². The van der Waals surface area contributed by atoms with Crippen LogP contribution in [0.3, 0.4) is 0 Å². The van der Waals surface area contributed by atoms with E-state index in [0.29, 0.717) is 0 Å². The molecular formula is C16H24N4. The fourth-order valence-electron chi connectivity index (χ4n) is 2.23. The van der Waals surface area contributed by atoms with Crippen molar-refractivity contribution in [2.24, 2.45) is 0 Å². The van der Waals surface area contributed by atoms with Crippen LogP contribution in [0.5, 0.6) is 0 Å². The number of benzene rings is 1. The Kier molecular flexibility index (Phi) is 5.47. The lowest BCUT2D eigenvalue weighted by Gasteiger charge is -2.19. The van der Waals surface area contributed by atoms with Gasteiger partial charge in [0.05, 0.1) is 0 Å². The van der Waals surface area contributed by atoms with Crippen molar-refractivity contribution in [3.8, 4) is 0 Å². The van der Waals surface area contributed by atoms with Crippen molar-refractivity contribution in [1.29, 1.82) is 0 Å². The van der Waals surface area contributed by atoms with E-state index < -0.39 is 0 Å². The third-order valence-corrected chi connectivity index (χ3v) is 3.33. The number of rotatable bonds is 8. The second-order valence-electron chi connectivity index (χ2n) is 4.98. The maximum Gasteiger partial charge on any atom is 0.202 e. The predicted octanol–water partition coefficient (Wildman–Crippen LogP) is 3.23. The van der Waals surface area contributed by atoms with Crippen LogP contribution in [-0.2, 0) is 6.54 Å². The first-order valence-corrected chi connectivity index (χ1v) is 7.32. The van der Waals surface area contributed by atoms with E-state index in [1.54, 1.807) is 0 Å². The molecule has 0 aliphatic carbocycles. The van der Waals surface area contributed by atoms with Crippen LogP contribution in [0.15, 0.2) is 42.7 Å². The molecule has 2 aromatic rings. The normalized spacial score (nSPS) is 10.5. The summed E-state index contributed by atoms with van der Waals surface area (Å²) < 4.78 is 2.17. The fraction of sp³-hybridized carbons (Fsp3) is 0.438. The van der Waals surface area contributed by atoms with Gasteiger partial charge in [-0.25, -0.2) is 4.98 Å². The zero-order valence-electron chi connectivity index (χ0n) is 12.4. The second kappa shape index (κ2) is 7.58. The van der Waals surface area contributed by atoms with E-state index in [2.05, 4.69) is 58.0 Å². The van der Waals surface area contributed by atoms with Crippen LogP contribution in [0.4, 0.5) is 11.6 Å². The number of anilines is 2. The van der Waals surface area contributed by atoms with Crippen molar-refractivity contribution in [3.05, 3.63) is 42.7 Å². The van der Waals surface area contributed by atoms with Crippen molar-refractivity contribution < 1.29 is 0 Å². The molecule has 1 aromatic heterocycles. The average molecular weight is 272 g/mol. The monoisotopic (exact) mass is 272 g/mol. The molecule has 0 bridgehead atoms. The summed E-state index contributed by atoms with van der Waals surface area (Å²) in [5.41, 5.74) is 1.26. The average Bonchev–Trinajstić information content (AvgIpc) is 2.92. The van der Waals surface area contributed by atoms with Crippen molar-refractivity contribution >= 4 is 11.6 Å². The number of hydrogen-bond acceptors (Lipinski definition) is 3. The van der Waals surface area contributed by atoms with Crippen LogP contribution in [0.2, 0.25) is 0 Å². The topological polar surface area (TPSA) is 33.1 Å². The lowest BCUT2D eigenvalue weighted by molar-refractivity contribution is 0.679. The first kappa shape index (κ1) is 14.4. The second-order valence-corrected chi connectivity index (χ2v) is 4.98. The molecule has 2 rings (SSSR count). The lowest BCUT2D eigenvalue weighted by atomic mass is 10.3. The van der Waals surface area contributed by atoms with Gasteiger partial charge < -0.3 is 14.8 Å². The number of para-hydroxylation sites is 1. The SMILES string of the molecule is CCCn1ccnc1NCCCN(C)c1ccccc1. The quantitative estimate of drug-likeness (QED) is 0.749. The molecule has 0 aliphatic rings. The molecule has 1 heterocycles. The lowest BCUT2D eigenvalue weighted by Crippen LogP contribution is -2.21. The molecule has 4 nitrogen and oxygen atoms in total. The summed E-state index contributed by atoms with van der Waals surface area (Å²) in [6.07, 6.45) is 6.10. The van der Waals surface area contributed by atoms with E-state index in [1.165, 1.54) is 5.69 Å². The molecule has 0 amide bonds. The maximum absolute atomic E-state index is 4.35. The Morgan fingerprint density at radius 1 is 1.25 bits per heavy atom. The van der Waals surface area contributed by atoms with Gasteiger partial charge in [-0.05, 0) is 25.0 Å². The number of imidazole rings is 1. The molecule has 0 aliphatic heterocycles. The molecule has 0 saturated carbocycles. The number of nitrogens with zero attached hydrogens (tertiary/aromatic N) is 3. The maximum atomic E-state index is 4.35. The fourth-order valence-corrected chi connectivity index (χ4v) is 2.23. The van der Waals surface area contributed by atoms with Gasteiger partial charge in [-0.1, -0.05) is 25.1 Å². The summed E-state index contributed by atoms with van der Waals surface area (Å²) in [5, 5.41) is 3.41. The highest BCUT2D eigenvalue weighted by molar-refractivity contribution is 5.44. The van der Waals surface area contributed by atoms with E-state index in [1.807, 2.05) is 18.5 Å². The molecule has 1 N–H and O–H groups in total. The Balaban J connectivity index is 1.72. The minimum atomic E-state index is 0.942. The summed E-state index contributed by atoms with van der Waals surface area (Å²) in [7, 11) is 2.13. The number of hydrogen-bond donors (Lipinski definition) is 1. The summed E-state index contributed by atoms with van der Waals surface area (Å²) >= 11 is 0. The van der Waals surface area contributed by atoms with Gasteiger partial charge in [-0.2, -0.15) is 0 Å². The summed E-state index contributed by atoms with van der Waals surface area (Å²) in [6.45, 7) is 5.17.